The number of carboxylic acid groups (broad SMARTS) is 1. The standard InChI is InChI=1S/C18H20O4/c1-3-14(11-8-12-15-9-6-5-7-10-15)13-16(17(19)20)18(21)22-4-2/h5-13H,3-4H2,1-2H3,(H,19,20). The Hall–Kier alpha value is -2.62. The molecule has 0 aromatic heterocycles. The number of hydrogen-bond acceptors (Lipinski definition) is 3. The average Bonchev–Trinajstić information content (AvgIpc) is 2.51. The van der Waals surface area contributed by atoms with Gasteiger partial charge in [0.2, 0.25) is 0 Å². The van der Waals surface area contributed by atoms with Crippen LogP contribution in [0.2, 0.25) is 0 Å². The van der Waals surface area contributed by atoms with Crippen LogP contribution < -0.4 is 0 Å². The highest BCUT2D eigenvalue weighted by atomic mass is 16.5. The SMILES string of the molecule is CCOC(=O)C(=CC(=CC=Cc1ccccc1)CC)C(=O)O. The molecule has 0 aliphatic heterocycles. The first-order chi connectivity index (χ1) is 10.6. The number of aliphatic carboxylic acids is 1. The molecule has 4 nitrogen and oxygen atoms in total. The van der Waals surface area contributed by atoms with Crippen LogP contribution in [0.1, 0.15) is 25.8 Å². The lowest BCUT2D eigenvalue weighted by Crippen LogP contribution is -2.15. The maximum Gasteiger partial charge on any atom is 0.345 e. The van der Waals surface area contributed by atoms with Crippen LogP contribution in [-0.2, 0) is 14.3 Å². The van der Waals surface area contributed by atoms with E-state index in [9.17, 15) is 9.59 Å². The molecule has 0 saturated carbocycles. The lowest BCUT2D eigenvalue weighted by molar-refractivity contribution is -0.143. The zero-order chi connectivity index (χ0) is 16.4. The fourth-order valence-corrected chi connectivity index (χ4v) is 1.72. The van der Waals surface area contributed by atoms with Gasteiger partial charge in [-0.05, 0) is 30.6 Å². The summed E-state index contributed by atoms with van der Waals surface area (Å²) in [6.07, 6.45) is 7.49. The van der Waals surface area contributed by atoms with E-state index in [1.165, 1.54) is 6.08 Å². The van der Waals surface area contributed by atoms with E-state index in [0.29, 0.717) is 6.42 Å². The van der Waals surface area contributed by atoms with Crippen molar-refractivity contribution >= 4 is 18.0 Å². The number of benzene rings is 1. The summed E-state index contributed by atoms with van der Waals surface area (Å²) in [6.45, 7) is 3.67. The van der Waals surface area contributed by atoms with Gasteiger partial charge in [-0.3, -0.25) is 0 Å². The molecule has 4 heteroatoms. The molecule has 0 aliphatic carbocycles. The summed E-state index contributed by atoms with van der Waals surface area (Å²) < 4.78 is 4.75. The second kappa shape index (κ2) is 9.34. The van der Waals surface area contributed by atoms with Crippen molar-refractivity contribution in [1.29, 1.82) is 0 Å². The first kappa shape index (κ1) is 17.4. The molecule has 116 valence electrons. The quantitative estimate of drug-likeness (QED) is 0.275. The van der Waals surface area contributed by atoms with Crippen LogP contribution in [-0.4, -0.2) is 23.7 Å². The van der Waals surface area contributed by atoms with Crippen molar-refractivity contribution in [2.45, 2.75) is 20.3 Å². The number of allylic oxidation sites excluding steroid dienone is 4. The van der Waals surface area contributed by atoms with Crippen molar-refractivity contribution in [1.82, 2.24) is 0 Å². The van der Waals surface area contributed by atoms with E-state index < -0.39 is 11.9 Å². The van der Waals surface area contributed by atoms with E-state index >= 15 is 0 Å². The molecule has 0 saturated heterocycles. The maximum absolute atomic E-state index is 11.6. The predicted molar refractivity (Wildman–Crippen MR) is 86.2 cm³/mol. The molecule has 22 heavy (non-hydrogen) atoms. The molecule has 1 aromatic carbocycles. The number of ether oxygens (including phenoxy) is 1. The van der Waals surface area contributed by atoms with Gasteiger partial charge in [-0.25, -0.2) is 9.59 Å². The van der Waals surface area contributed by atoms with E-state index in [0.717, 1.165) is 11.1 Å². The van der Waals surface area contributed by atoms with Crippen LogP contribution in [0.15, 0.2) is 59.7 Å². The second-order valence-electron chi connectivity index (χ2n) is 4.45. The highest BCUT2D eigenvalue weighted by Gasteiger charge is 2.18. The first-order valence-electron chi connectivity index (χ1n) is 7.12. The van der Waals surface area contributed by atoms with Gasteiger partial charge in [0.15, 0.2) is 0 Å². The van der Waals surface area contributed by atoms with Crippen LogP contribution in [0.25, 0.3) is 6.08 Å². The molecular weight excluding hydrogens is 280 g/mol. The summed E-state index contributed by atoms with van der Waals surface area (Å²) in [6, 6.07) is 9.74. The van der Waals surface area contributed by atoms with Crippen molar-refractivity contribution in [2.24, 2.45) is 0 Å². The van der Waals surface area contributed by atoms with Gasteiger partial charge < -0.3 is 9.84 Å². The Labute approximate surface area is 130 Å². The number of esters is 1. The Balaban J connectivity index is 2.95. The minimum absolute atomic E-state index is 0.141. The lowest BCUT2D eigenvalue weighted by atomic mass is 10.1. The molecule has 1 aromatic rings. The van der Waals surface area contributed by atoms with Gasteiger partial charge >= 0.3 is 11.9 Å². The van der Waals surface area contributed by atoms with Crippen molar-refractivity contribution in [2.75, 3.05) is 6.61 Å². The van der Waals surface area contributed by atoms with Crippen LogP contribution in [0.4, 0.5) is 0 Å². The molecule has 0 bridgehead atoms. The van der Waals surface area contributed by atoms with Crippen LogP contribution >= 0.6 is 0 Å². The third kappa shape index (κ3) is 5.79. The van der Waals surface area contributed by atoms with Crippen LogP contribution in [0.5, 0.6) is 0 Å². The molecule has 0 atom stereocenters. The molecular formula is C18H20O4. The smallest absolute Gasteiger partial charge is 0.345 e. The molecule has 0 spiro atoms. The molecule has 0 aliphatic rings. The van der Waals surface area contributed by atoms with Gasteiger partial charge in [-0.15, -0.1) is 0 Å². The average molecular weight is 300 g/mol. The van der Waals surface area contributed by atoms with Crippen molar-refractivity contribution in [3.8, 4) is 0 Å². The Morgan fingerprint density at radius 2 is 1.86 bits per heavy atom. The Kier molecular flexibility index (Phi) is 7.40. The van der Waals surface area contributed by atoms with Gasteiger partial charge in [0, 0.05) is 0 Å². The summed E-state index contributed by atoms with van der Waals surface area (Å²) in [5, 5.41) is 9.10. The molecule has 1 rings (SSSR count). The third-order valence-electron chi connectivity index (χ3n) is 2.86. The fourth-order valence-electron chi connectivity index (χ4n) is 1.72. The van der Waals surface area contributed by atoms with Gasteiger partial charge in [-0.2, -0.15) is 0 Å². The summed E-state index contributed by atoms with van der Waals surface area (Å²) in [4.78, 5) is 22.8. The van der Waals surface area contributed by atoms with E-state index in [1.807, 2.05) is 49.4 Å². The van der Waals surface area contributed by atoms with Gasteiger partial charge in [0.25, 0.3) is 0 Å². The van der Waals surface area contributed by atoms with Gasteiger partial charge in [-0.1, -0.05) is 55.5 Å². The zero-order valence-corrected chi connectivity index (χ0v) is 12.8. The summed E-state index contributed by atoms with van der Waals surface area (Å²) in [7, 11) is 0. The molecule has 0 amide bonds. The molecule has 0 unspecified atom stereocenters. The topological polar surface area (TPSA) is 63.6 Å². The molecule has 1 N–H and O–H groups in total. The van der Waals surface area contributed by atoms with E-state index in [2.05, 4.69) is 0 Å². The normalized spacial score (nSPS) is 12.5. The van der Waals surface area contributed by atoms with Crippen LogP contribution in [0.3, 0.4) is 0 Å². The predicted octanol–water partition coefficient (Wildman–Crippen LogP) is 3.61. The van der Waals surface area contributed by atoms with Crippen molar-refractivity contribution in [3.63, 3.8) is 0 Å². The third-order valence-corrected chi connectivity index (χ3v) is 2.86. The second-order valence-corrected chi connectivity index (χ2v) is 4.45. The van der Waals surface area contributed by atoms with E-state index in [1.54, 1.807) is 13.0 Å². The minimum Gasteiger partial charge on any atom is -0.477 e. The van der Waals surface area contributed by atoms with Gasteiger partial charge in [0.1, 0.15) is 5.57 Å². The summed E-state index contributed by atoms with van der Waals surface area (Å²) >= 11 is 0. The van der Waals surface area contributed by atoms with Crippen molar-refractivity contribution < 1.29 is 19.4 Å². The number of rotatable bonds is 7. The maximum atomic E-state index is 11.6. The summed E-state index contributed by atoms with van der Waals surface area (Å²) in [5.41, 5.74) is 1.42. The largest absolute Gasteiger partial charge is 0.477 e. The van der Waals surface area contributed by atoms with E-state index in [-0.39, 0.29) is 12.2 Å². The molecule has 0 fully saturated rings. The summed E-state index contributed by atoms with van der Waals surface area (Å²) in [5.74, 6) is -2.11. The van der Waals surface area contributed by atoms with Gasteiger partial charge in [0.05, 0.1) is 6.61 Å². The van der Waals surface area contributed by atoms with Crippen molar-refractivity contribution in [3.05, 3.63) is 65.3 Å². The molecule has 0 radical (unpaired) electrons. The Bertz CT molecular complexity index is 595. The lowest BCUT2D eigenvalue weighted by Gasteiger charge is -2.03. The molecule has 0 heterocycles. The monoisotopic (exact) mass is 300 g/mol. The first-order valence-corrected chi connectivity index (χ1v) is 7.12. The zero-order valence-electron chi connectivity index (χ0n) is 12.8. The highest BCUT2D eigenvalue weighted by molar-refractivity contribution is 6.13. The Morgan fingerprint density at radius 1 is 1.18 bits per heavy atom. The highest BCUT2D eigenvalue weighted by Crippen LogP contribution is 2.10. The number of carboxylic acids is 1. The number of hydrogen-bond donors (Lipinski definition) is 1. The fraction of sp³-hybridized carbons (Fsp3) is 0.222. The van der Waals surface area contributed by atoms with Crippen LogP contribution in [0, 0.1) is 0 Å². The number of carbonyl (C=O) groups is 2. The minimum atomic E-state index is -1.29. The van der Waals surface area contributed by atoms with E-state index in [4.69, 9.17) is 9.84 Å². The Morgan fingerprint density at radius 3 is 2.41 bits per heavy atom. The number of carbonyl (C=O) groups excluding carboxylic acids is 1.